The van der Waals surface area contributed by atoms with Crippen LogP contribution in [0.1, 0.15) is 20.3 Å². The molecule has 0 radical (unpaired) electrons. The van der Waals surface area contributed by atoms with Crippen molar-refractivity contribution in [3.8, 4) is 5.75 Å². The number of benzene rings is 1. The summed E-state index contributed by atoms with van der Waals surface area (Å²) >= 11 is 2.00. The van der Waals surface area contributed by atoms with E-state index in [4.69, 9.17) is 10.5 Å². The van der Waals surface area contributed by atoms with Gasteiger partial charge in [-0.3, -0.25) is 0 Å². The third-order valence-corrected chi connectivity index (χ3v) is 4.69. The molecule has 0 aromatic heterocycles. The first-order chi connectivity index (χ1) is 9.15. The molecule has 2 N–H and O–H groups in total. The molecule has 1 saturated heterocycles. The van der Waals surface area contributed by atoms with Gasteiger partial charge in [-0.25, -0.2) is 4.39 Å². The van der Waals surface area contributed by atoms with E-state index in [1.165, 1.54) is 6.07 Å². The first-order valence-electron chi connectivity index (χ1n) is 6.74. The molecule has 2 rings (SSSR count). The lowest BCUT2D eigenvalue weighted by Crippen LogP contribution is -2.38. The molecule has 0 bridgehead atoms. The quantitative estimate of drug-likeness (QED) is 0.862. The van der Waals surface area contributed by atoms with Crippen molar-refractivity contribution in [2.24, 2.45) is 0 Å². The summed E-state index contributed by atoms with van der Waals surface area (Å²) in [4.78, 5) is 2.24. The smallest absolute Gasteiger partial charge is 0.167 e. The fourth-order valence-corrected chi connectivity index (χ4v) is 3.46. The molecule has 0 aliphatic carbocycles. The lowest BCUT2D eigenvalue weighted by atomic mass is 10.2. The first kappa shape index (κ1) is 14.3. The van der Waals surface area contributed by atoms with Crippen molar-refractivity contribution in [3.63, 3.8) is 0 Å². The number of hydrogen-bond donors (Lipinski definition) is 1. The van der Waals surface area contributed by atoms with Crippen LogP contribution in [-0.4, -0.2) is 30.7 Å². The van der Waals surface area contributed by atoms with Crippen LogP contribution in [0.5, 0.6) is 5.75 Å². The molecule has 106 valence electrons. The summed E-state index contributed by atoms with van der Waals surface area (Å²) in [5, 5.41) is 0.619. The number of rotatable bonds is 4. The molecule has 1 aliphatic heterocycles. The highest BCUT2D eigenvalue weighted by Crippen LogP contribution is 2.34. The number of halogens is 1. The topological polar surface area (TPSA) is 38.5 Å². The van der Waals surface area contributed by atoms with Gasteiger partial charge < -0.3 is 15.4 Å². The molecule has 0 spiro atoms. The zero-order chi connectivity index (χ0) is 13.8. The van der Waals surface area contributed by atoms with Crippen molar-refractivity contribution in [2.75, 3.05) is 36.1 Å². The van der Waals surface area contributed by atoms with Crippen LogP contribution in [0.15, 0.2) is 12.1 Å². The molecule has 1 fully saturated rings. The average Bonchev–Trinajstić information content (AvgIpc) is 2.42. The number of anilines is 2. The largest absolute Gasteiger partial charge is 0.491 e. The molecule has 1 aliphatic rings. The van der Waals surface area contributed by atoms with Crippen LogP contribution in [0.2, 0.25) is 0 Å². The maximum absolute atomic E-state index is 13.7. The Kier molecular flexibility index (Phi) is 4.80. The predicted octanol–water partition coefficient (Wildman–Crippen LogP) is 3.14. The van der Waals surface area contributed by atoms with Crippen LogP contribution in [0.3, 0.4) is 0 Å². The maximum atomic E-state index is 13.7. The summed E-state index contributed by atoms with van der Waals surface area (Å²) in [6, 6.07) is 3.10. The Morgan fingerprint density at radius 1 is 1.47 bits per heavy atom. The van der Waals surface area contributed by atoms with Gasteiger partial charge in [-0.05, 0) is 13.3 Å². The van der Waals surface area contributed by atoms with Crippen LogP contribution in [-0.2, 0) is 0 Å². The Hall–Kier alpha value is -1.10. The second-order valence-corrected chi connectivity index (χ2v) is 6.03. The Bertz CT molecular complexity index is 442. The van der Waals surface area contributed by atoms with Gasteiger partial charge in [-0.2, -0.15) is 11.8 Å². The summed E-state index contributed by atoms with van der Waals surface area (Å²) in [5.41, 5.74) is 7.34. The molecule has 0 saturated carbocycles. The van der Waals surface area contributed by atoms with E-state index in [0.29, 0.717) is 17.5 Å². The van der Waals surface area contributed by atoms with E-state index in [9.17, 15) is 4.39 Å². The molecule has 1 aromatic carbocycles. The van der Waals surface area contributed by atoms with Crippen LogP contribution in [0.4, 0.5) is 15.8 Å². The van der Waals surface area contributed by atoms with Gasteiger partial charge in [0.2, 0.25) is 0 Å². The van der Waals surface area contributed by atoms with Crippen molar-refractivity contribution in [3.05, 3.63) is 17.9 Å². The zero-order valence-electron chi connectivity index (χ0n) is 11.5. The molecule has 3 nitrogen and oxygen atoms in total. The van der Waals surface area contributed by atoms with Gasteiger partial charge in [0.15, 0.2) is 11.6 Å². The standard InChI is InChI=1S/C14H21FN2OS/c1-3-10-9-17(5-6-19-10)13-8-14(18-4-2)11(15)7-12(13)16/h7-8,10H,3-6,9,16H2,1-2H3. The zero-order valence-corrected chi connectivity index (χ0v) is 12.3. The summed E-state index contributed by atoms with van der Waals surface area (Å²) in [7, 11) is 0. The Morgan fingerprint density at radius 2 is 2.26 bits per heavy atom. The lowest BCUT2D eigenvalue weighted by Gasteiger charge is -2.34. The minimum atomic E-state index is -0.387. The van der Waals surface area contributed by atoms with Crippen molar-refractivity contribution in [1.82, 2.24) is 0 Å². The summed E-state index contributed by atoms with van der Waals surface area (Å²) in [5.74, 6) is 0.985. The first-order valence-corrected chi connectivity index (χ1v) is 7.79. The van der Waals surface area contributed by atoms with Crippen molar-refractivity contribution < 1.29 is 9.13 Å². The summed E-state index contributed by atoms with van der Waals surface area (Å²) < 4.78 is 19.0. The van der Waals surface area contributed by atoms with Crippen molar-refractivity contribution in [1.29, 1.82) is 0 Å². The number of nitrogens with zero attached hydrogens (tertiary/aromatic N) is 1. The number of hydrogen-bond acceptors (Lipinski definition) is 4. The molecular formula is C14H21FN2OS. The SMILES string of the molecule is CCOc1cc(N2CCSC(CC)C2)c(N)cc1F. The third-order valence-electron chi connectivity index (χ3n) is 3.32. The molecule has 19 heavy (non-hydrogen) atoms. The maximum Gasteiger partial charge on any atom is 0.167 e. The highest BCUT2D eigenvalue weighted by atomic mass is 32.2. The number of nitrogen functional groups attached to an aromatic ring is 1. The Morgan fingerprint density at radius 3 is 2.95 bits per heavy atom. The fraction of sp³-hybridized carbons (Fsp3) is 0.571. The van der Waals surface area contributed by atoms with Gasteiger partial charge in [0, 0.05) is 36.2 Å². The molecule has 1 atom stereocenters. The minimum absolute atomic E-state index is 0.290. The monoisotopic (exact) mass is 284 g/mol. The van der Waals surface area contributed by atoms with Gasteiger partial charge in [0.1, 0.15) is 0 Å². The Labute approximate surface area is 118 Å². The summed E-state index contributed by atoms with van der Waals surface area (Å²) in [6.07, 6.45) is 1.14. The number of nitrogens with two attached hydrogens (primary N) is 1. The fourth-order valence-electron chi connectivity index (χ4n) is 2.28. The van der Waals surface area contributed by atoms with Crippen LogP contribution < -0.4 is 15.4 Å². The van der Waals surface area contributed by atoms with Gasteiger partial charge in [0.05, 0.1) is 18.0 Å². The van der Waals surface area contributed by atoms with E-state index in [1.807, 2.05) is 18.7 Å². The van der Waals surface area contributed by atoms with E-state index >= 15 is 0 Å². The van der Waals surface area contributed by atoms with E-state index in [2.05, 4.69) is 11.8 Å². The van der Waals surface area contributed by atoms with Gasteiger partial charge in [-0.15, -0.1) is 0 Å². The minimum Gasteiger partial charge on any atom is -0.491 e. The number of ether oxygens (including phenoxy) is 1. The van der Waals surface area contributed by atoms with E-state index < -0.39 is 0 Å². The van der Waals surface area contributed by atoms with Crippen LogP contribution in [0, 0.1) is 5.82 Å². The predicted molar refractivity (Wildman–Crippen MR) is 80.7 cm³/mol. The van der Waals surface area contributed by atoms with E-state index in [0.717, 1.165) is 31.0 Å². The van der Waals surface area contributed by atoms with Crippen molar-refractivity contribution >= 4 is 23.1 Å². The average molecular weight is 284 g/mol. The lowest BCUT2D eigenvalue weighted by molar-refractivity contribution is 0.321. The molecule has 1 aromatic rings. The van der Waals surface area contributed by atoms with Gasteiger partial charge in [-0.1, -0.05) is 6.92 Å². The second-order valence-electron chi connectivity index (χ2n) is 4.62. The third kappa shape index (κ3) is 3.26. The number of thioether (sulfide) groups is 1. The molecular weight excluding hydrogens is 263 g/mol. The highest BCUT2D eigenvalue weighted by Gasteiger charge is 2.22. The van der Waals surface area contributed by atoms with Gasteiger partial charge >= 0.3 is 0 Å². The second kappa shape index (κ2) is 6.37. The van der Waals surface area contributed by atoms with Crippen LogP contribution in [0.25, 0.3) is 0 Å². The van der Waals surface area contributed by atoms with Gasteiger partial charge in [0.25, 0.3) is 0 Å². The Balaban J connectivity index is 2.25. The summed E-state index contributed by atoms with van der Waals surface area (Å²) in [6.45, 7) is 6.40. The normalized spacial score (nSPS) is 19.5. The molecule has 1 heterocycles. The van der Waals surface area contributed by atoms with Crippen LogP contribution >= 0.6 is 11.8 Å². The molecule has 1 unspecified atom stereocenters. The van der Waals surface area contributed by atoms with E-state index in [1.54, 1.807) is 6.07 Å². The molecule has 5 heteroatoms. The van der Waals surface area contributed by atoms with E-state index in [-0.39, 0.29) is 11.6 Å². The van der Waals surface area contributed by atoms with Crippen molar-refractivity contribution in [2.45, 2.75) is 25.5 Å². The highest BCUT2D eigenvalue weighted by molar-refractivity contribution is 8.00. The molecule has 0 amide bonds.